The van der Waals surface area contributed by atoms with Crippen LogP contribution in [0.4, 0.5) is 8.78 Å². The number of ether oxygens (including phenoxy) is 2. The highest BCUT2D eigenvalue weighted by atomic mass is 35.5. The van der Waals surface area contributed by atoms with Crippen LogP contribution in [0.3, 0.4) is 0 Å². The van der Waals surface area contributed by atoms with Crippen LogP contribution in [0.1, 0.15) is 41.4 Å². The fourth-order valence-electron chi connectivity index (χ4n) is 3.36. The van der Waals surface area contributed by atoms with Crippen molar-refractivity contribution in [2.45, 2.75) is 32.1 Å². The van der Waals surface area contributed by atoms with Gasteiger partial charge in [0.05, 0.1) is 10.0 Å². The Morgan fingerprint density at radius 2 is 2.03 bits per heavy atom. The van der Waals surface area contributed by atoms with Gasteiger partial charge in [-0.2, -0.15) is 13.9 Å². The molecule has 0 amide bonds. The summed E-state index contributed by atoms with van der Waals surface area (Å²) in [6.07, 6.45) is 4.42. The molecule has 1 fully saturated rings. The van der Waals surface area contributed by atoms with E-state index < -0.39 is 6.61 Å². The summed E-state index contributed by atoms with van der Waals surface area (Å²) in [5, 5.41) is 5.44. The standard InChI is InChI=1S/C20H16Cl2F2N2O3/c21-14-6-5-12(13-10-26(25-18(13)14)17-3-1-2-8-28-17)19(27)11-4-7-16(15(22)9-11)29-20(23)24/h4-7,9-10,17,20H,1-3,8H2. The van der Waals surface area contributed by atoms with Gasteiger partial charge >= 0.3 is 6.61 Å². The molecular weight excluding hydrogens is 425 g/mol. The summed E-state index contributed by atoms with van der Waals surface area (Å²) in [7, 11) is 0. The molecule has 4 rings (SSSR count). The maximum absolute atomic E-state index is 13.1. The molecule has 0 saturated carbocycles. The molecule has 1 aromatic heterocycles. The van der Waals surface area contributed by atoms with Crippen LogP contribution in [0.25, 0.3) is 10.9 Å². The van der Waals surface area contributed by atoms with Crippen LogP contribution in [0.5, 0.6) is 5.75 Å². The third-order valence-corrected chi connectivity index (χ3v) is 5.35. The summed E-state index contributed by atoms with van der Waals surface area (Å²) in [5.74, 6) is -0.525. The highest BCUT2D eigenvalue weighted by molar-refractivity contribution is 6.36. The van der Waals surface area contributed by atoms with E-state index >= 15 is 0 Å². The zero-order chi connectivity index (χ0) is 20.5. The Bertz CT molecular complexity index is 1070. The highest BCUT2D eigenvalue weighted by Gasteiger charge is 2.22. The van der Waals surface area contributed by atoms with Crippen molar-refractivity contribution in [3.8, 4) is 5.75 Å². The first-order valence-electron chi connectivity index (χ1n) is 9.02. The smallest absolute Gasteiger partial charge is 0.387 e. The molecule has 0 aliphatic carbocycles. The van der Waals surface area contributed by atoms with Gasteiger partial charge < -0.3 is 9.47 Å². The zero-order valence-electron chi connectivity index (χ0n) is 15.1. The number of fused-ring (bicyclic) bond motifs is 1. The number of ketones is 1. The minimum Gasteiger partial charge on any atom is -0.433 e. The van der Waals surface area contributed by atoms with Gasteiger partial charge in [0, 0.05) is 29.3 Å². The molecule has 1 unspecified atom stereocenters. The molecule has 2 aromatic carbocycles. The number of hydrogen-bond donors (Lipinski definition) is 0. The number of benzene rings is 2. The first kappa shape index (κ1) is 20.1. The van der Waals surface area contributed by atoms with Crippen molar-refractivity contribution in [2.24, 2.45) is 0 Å². The van der Waals surface area contributed by atoms with Crippen LogP contribution >= 0.6 is 23.2 Å². The molecule has 9 heteroatoms. The van der Waals surface area contributed by atoms with Crippen molar-refractivity contribution in [2.75, 3.05) is 6.61 Å². The van der Waals surface area contributed by atoms with E-state index in [1.807, 2.05) is 0 Å². The minimum atomic E-state index is -3.00. The second-order valence-corrected chi connectivity index (χ2v) is 7.45. The molecule has 3 aromatic rings. The maximum Gasteiger partial charge on any atom is 0.387 e. The van der Waals surface area contributed by atoms with Gasteiger partial charge in [-0.3, -0.25) is 4.79 Å². The van der Waals surface area contributed by atoms with Crippen molar-refractivity contribution >= 4 is 39.9 Å². The van der Waals surface area contributed by atoms with Crippen LogP contribution in [0.15, 0.2) is 36.5 Å². The van der Waals surface area contributed by atoms with E-state index in [9.17, 15) is 13.6 Å². The lowest BCUT2D eigenvalue weighted by atomic mass is 10.00. The first-order valence-corrected chi connectivity index (χ1v) is 9.77. The average Bonchev–Trinajstić information content (AvgIpc) is 3.16. The number of aromatic nitrogens is 2. The molecule has 0 radical (unpaired) electrons. The van der Waals surface area contributed by atoms with E-state index in [4.69, 9.17) is 27.9 Å². The van der Waals surface area contributed by atoms with Crippen molar-refractivity contribution in [3.05, 3.63) is 57.7 Å². The monoisotopic (exact) mass is 440 g/mol. The van der Waals surface area contributed by atoms with Gasteiger partial charge in [-0.15, -0.1) is 0 Å². The topological polar surface area (TPSA) is 53.3 Å². The predicted octanol–water partition coefficient (Wildman–Crippen LogP) is 5.87. The summed E-state index contributed by atoms with van der Waals surface area (Å²) in [6.45, 7) is -2.34. The van der Waals surface area contributed by atoms with Gasteiger partial charge in [-0.25, -0.2) is 4.68 Å². The minimum absolute atomic E-state index is 0.0762. The third kappa shape index (κ3) is 4.08. The van der Waals surface area contributed by atoms with Gasteiger partial charge in [-0.1, -0.05) is 23.2 Å². The van der Waals surface area contributed by atoms with Crippen LogP contribution in [-0.2, 0) is 4.74 Å². The number of alkyl halides is 2. The molecule has 0 N–H and O–H groups in total. The quantitative estimate of drug-likeness (QED) is 0.465. The summed E-state index contributed by atoms with van der Waals surface area (Å²) in [6, 6.07) is 7.15. The third-order valence-electron chi connectivity index (χ3n) is 4.75. The second kappa shape index (κ2) is 8.26. The van der Waals surface area contributed by atoms with Crippen molar-refractivity contribution < 1.29 is 23.0 Å². The van der Waals surface area contributed by atoms with Gasteiger partial charge in [0.15, 0.2) is 5.78 Å². The normalized spacial score (nSPS) is 17.1. The molecule has 1 aliphatic rings. The number of carbonyl (C=O) groups excluding carboxylic acids is 1. The number of carbonyl (C=O) groups is 1. The molecule has 1 saturated heterocycles. The summed E-state index contributed by atoms with van der Waals surface area (Å²) >= 11 is 12.3. The van der Waals surface area contributed by atoms with Crippen molar-refractivity contribution in [1.82, 2.24) is 9.78 Å². The SMILES string of the molecule is O=C(c1ccc(OC(F)F)c(Cl)c1)c1ccc(Cl)c2nn(C3CCCCO3)cc12. The zero-order valence-corrected chi connectivity index (χ0v) is 16.6. The molecule has 152 valence electrons. The Morgan fingerprint density at radius 3 is 2.72 bits per heavy atom. The Balaban J connectivity index is 1.71. The second-order valence-electron chi connectivity index (χ2n) is 6.64. The molecule has 5 nitrogen and oxygen atoms in total. The Labute approximate surface area is 175 Å². The Hall–Kier alpha value is -2.22. The van der Waals surface area contributed by atoms with Crippen LogP contribution in [-0.4, -0.2) is 28.8 Å². The lowest BCUT2D eigenvalue weighted by Crippen LogP contribution is -2.18. The molecule has 0 bridgehead atoms. The number of hydrogen-bond acceptors (Lipinski definition) is 4. The first-order chi connectivity index (χ1) is 13.9. The van der Waals surface area contributed by atoms with E-state index in [1.54, 1.807) is 23.0 Å². The van der Waals surface area contributed by atoms with E-state index in [-0.39, 0.29) is 28.3 Å². The fourth-order valence-corrected chi connectivity index (χ4v) is 3.79. The molecule has 1 aliphatic heterocycles. The van der Waals surface area contributed by atoms with E-state index in [0.29, 0.717) is 28.1 Å². The number of rotatable bonds is 5. The largest absolute Gasteiger partial charge is 0.433 e. The van der Waals surface area contributed by atoms with Gasteiger partial charge in [-0.05, 0) is 49.6 Å². The lowest BCUT2D eigenvalue weighted by Gasteiger charge is -2.22. The average molecular weight is 441 g/mol. The predicted molar refractivity (Wildman–Crippen MR) is 105 cm³/mol. The van der Waals surface area contributed by atoms with E-state index in [0.717, 1.165) is 19.3 Å². The molecular formula is C20H16Cl2F2N2O3. The molecule has 29 heavy (non-hydrogen) atoms. The van der Waals surface area contributed by atoms with Crippen LogP contribution < -0.4 is 4.74 Å². The van der Waals surface area contributed by atoms with Crippen molar-refractivity contribution in [1.29, 1.82) is 0 Å². The van der Waals surface area contributed by atoms with Crippen LogP contribution in [0, 0.1) is 0 Å². The van der Waals surface area contributed by atoms with Gasteiger partial charge in [0.25, 0.3) is 0 Å². The fraction of sp³-hybridized carbons (Fsp3) is 0.300. The number of halogens is 4. The Morgan fingerprint density at radius 1 is 1.21 bits per heavy atom. The molecule has 1 atom stereocenters. The summed E-state index contributed by atoms with van der Waals surface area (Å²) < 4.78 is 36.6. The molecule has 2 heterocycles. The van der Waals surface area contributed by atoms with Crippen molar-refractivity contribution in [3.63, 3.8) is 0 Å². The number of nitrogens with zero attached hydrogens (tertiary/aromatic N) is 2. The maximum atomic E-state index is 13.1. The van der Waals surface area contributed by atoms with Crippen LogP contribution in [0.2, 0.25) is 10.0 Å². The summed E-state index contributed by atoms with van der Waals surface area (Å²) in [4.78, 5) is 13.1. The van der Waals surface area contributed by atoms with E-state index in [2.05, 4.69) is 9.84 Å². The summed E-state index contributed by atoms with van der Waals surface area (Å²) in [5.41, 5.74) is 1.11. The van der Waals surface area contributed by atoms with Gasteiger partial charge in [0.2, 0.25) is 0 Å². The van der Waals surface area contributed by atoms with Gasteiger partial charge in [0.1, 0.15) is 17.5 Å². The Kier molecular flexibility index (Phi) is 5.72. The highest BCUT2D eigenvalue weighted by Crippen LogP contribution is 2.32. The lowest BCUT2D eigenvalue weighted by molar-refractivity contribution is -0.0497. The van der Waals surface area contributed by atoms with E-state index in [1.165, 1.54) is 18.2 Å². The molecule has 0 spiro atoms.